The second kappa shape index (κ2) is 4.84. The average molecular weight is 247 g/mol. The summed E-state index contributed by atoms with van der Waals surface area (Å²) in [6, 6.07) is 8.11. The van der Waals surface area contributed by atoms with E-state index in [-0.39, 0.29) is 0 Å². The molecule has 0 N–H and O–H groups in total. The van der Waals surface area contributed by atoms with Gasteiger partial charge in [-0.2, -0.15) is 0 Å². The third-order valence-electron chi connectivity index (χ3n) is 2.59. The molecule has 0 unspecified atom stereocenters. The fourth-order valence-electron chi connectivity index (χ4n) is 1.88. The number of aryl methyl sites for hydroxylation is 3. The minimum absolute atomic E-state index is 0.506. The number of hydrogen-bond donors (Lipinski definition) is 0. The summed E-state index contributed by atoms with van der Waals surface area (Å²) in [5.74, 6) is 0.709. The predicted octanol–water partition coefficient (Wildman–Crippen LogP) is 3.98. The van der Waals surface area contributed by atoms with Gasteiger partial charge in [0.1, 0.15) is 5.15 Å². The molecule has 0 saturated carbocycles. The van der Waals surface area contributed by atoms with Crippen molar-refractivity contribution in [2.24, 2.45) is 0 Å². The predicted molar refractivity (Wildman–Crippen MR) is 71.3 cm³/mol. The number of rotatable bonds is 2. The number of nitrogens with zero attached hydrogens (tertiary/aromatic N) is 2. The van der Waals surface area contributed by atoms with Gasteiger partial charge in [-0.25, -0.2) is 9.97 Å². The number of halogens is 1. The minimum Gasteiger partial charge on any atom is -0.233 e. The van der Waals surface area contributed by atoms with Crippen LogP contribution in [-0.4, -0.2) is 9.97 Å². The minimum atomic E-state index is 0.506. The van der Waals surface area contributed by atoms with E-state index in [1.807, 2.05) is 6.07 Å². The molecule has 1 heterocycles. The first kappa shape index (κ1) is 12.1. The molecule has 2 nitrogen and oxygen atoms in total. The summed E-state index contributed by atoms with van der Waals surface area (Å²) in [7, 11) is 0. The molecule has 1 aromatic heterocycles. The maximum absolute atomic E-state index is 6.01. The topological polar surface area (TPSA) is 25.8 Å². The maximum atomic E-state index is 6.01. The first-order valence-corrected chi connectivity index (χ1v) is 6.08. The van der Waals surface area contributed by atoms with Gasteiger partial charge in [0.05, 0.1) is 0 Å². The molecular weight excluding hydrogens is 232 g/mol. The Morgan fingerprint density at radius 1 is 1.00 bits per heavy atom. The summed E-state index contributed by atoms with van der Waals surface area (Å²) in [5.41, 5.74) is 4.42. The van der Waals surface area contributed by atoms with Crippen molar-refractivity contribution >= 4 is 11.6 Å². The number of benzene rings is 1. The lowest BCUT2D eigenvalue weighted by molar-refractivity contribution is 1.00. The molecule has 17 heavy (non-hydrogen) atoms. The zero-order valence-electron chi connectivity index (χ0n) is 10.3. The summed E-state index contributed by atoms with van der Waals surface area (Å²) in [6.07, 6.45) is 0.861. The van der Waals surface area contributed by atoms with Crippen molar-refractivity contribution in [2.75, 3.05) is 0 Å². The van der Waals surface area contributed by atoms with E-state index in [4.69, 9.17) is 11.6 Å². The molecule has 0 aliphatic heterocycles. The van der Waals surface area contributed by atoms with E-state index in [2.05, 4.69) is 48.9 Å². The number of hydrogen-bond acceptors (Lipinski definition) is 2. The standard InChI is InChI=1S/C14H15ClN2/c1-4-12-8-13(15)17-14(16-12)11-6-9(2)5-10(3)7-11/h5-8H,4H2,1-3H3. The second-order valence-electron chi connectivity index (χ2n) is 4.24. The lowest BCUT2D eigenvalue weighted by atomic mass is 10.1. The van der Waals surface area contributed by atoms with Gasteiger partial charge < -0.3 is 0 Å². The summed E-state index contributed by atoms with van der Waals surface area (Å²) < 4.78 is 0. The maximum Gasteiger partial charge on any atom is 0.161 e. The van der Waals surface area contributed by atoms with E-state index >= 15 is 0 Å². The van der Waals surface area contributed by atoms with E-state index in [0.29, 0.717) is 11.0 Å². The molecule has 2 aromatic rings. The van der Waals surface area contributed by atoms with Crippen molar-refractivity contribution in [1.82, 2.24) is 9.97 Å². The Bertz CT molecular complexity index is 530. The van der Waals surface area contributed by atoms with Gasteiger partial charge in [0.2, 0.25) is 0 Å². The van der Waals surface area contributed by atoms with Crippen LogP contribution in [-0.2, 0) is 6.42 Å². The van der Waals surface area contributed by atoms with Gasteiger partial charge in [0.25, 0.3) is 0 Å². The Hall–Kier alpha value is -1.41. The quantitative estimate of drug-likeness (QED) is 0.750. The van der Waals surface area contributed by atoms with Crippen molar-refractivity contribution in [3.63, 3.8) is 0 Å². The van der Waals surface area contributed by atoms with Crippen LogP contribution >= 0.6 is 11.6 Å². The van der Waals surface area contributed by atoms with Crippen LogP contribution < -0.4 is 0 Å². The molecule has 0 bridgehead atoms. The molecule has 2 rings (SSSR count). The molecule has 0 amide bonds. The van der Waals surface area contributed by atoms with E-state index in [1.165, 1.54) is 11.1 Å². The molecule has 0 radical (unpaired) electrons. The van der Waals surface area contributed by atoms with Crippen molar-refractivity contribution in [2.45, 2.75) is 27.2 Å². The first-order valence-electron chi connectivity index (χ1n) is 5.70. The Labute approximate surface area is 107 Å². The summed E-state index contributed by atoms with van der Waals surface area (Å²) in [5, 5.41) is 0.506. The highest BCUT2D eigenvalue weighted by Gasteiger charge is 2.06. The van der Waals surface area contributed by atoms with E-state index in [9.17, 15) is 0 Å². The van der Waals surface area contributed by atoms with Crippen LogP contribution in [0.3, 0.4) is 0 Å². The molecular formula is C14H15ClN2. The largest absolute Gasteiger partial charge is 0.233 e. The van der Waals surface area contributed by atoms with Gasteiger partial charge in [0, 0.05) is 11.3 Å². The van der Waals surface area contributed by atoms with Crippen LogP contribution in [0.15, 0.2) is 24.3 Å². The van der Waals surface area contributed by atoms with E-state index < -0.39 is 0 Å². The van der Waals surface area contributed by atoms with Gasteiger partial charge in [-0.3, -0.25) is 0 Å². The highest BCUT2D eigenvalue weighted by molar-refractivity contribution is 6.29. The lowest BCUT2D eigenvalue weighted by Crippen LogP contribution is -1.95. The van der Waals surface area contributed by atoms with Gasteiger partial charge >= 0.3 is 0 Å². The zero-order valence-corrected chi connectivity index (χ0v) is 11.0. The fourth-order valence-corrected chi connectivity index (χ4v) is 2.08. The molecule has 0 fully saturated rings. The third kappa shape index (κ3) is 2.83. The van der Waals surface area contributed by atoms with Crippen LogP contribution in [0.5, 0.6) is 0 Å². The third-order valence-corrected chi connectivity index (χ3v) is 2.78. The number of aromatic nitrogens is 2. The average Bonchev–Trinajstić information content (AvgIpc) is 2.26. The van der Waals surface area contributed by atoms with Crippen LogP contribution in [0.25, 0.3) is 11.4 Å². The molecule has 1 aromatic carbocycles. The van der Waals surface area contributed by atoms with Gasteiger partial charge in [0.15, 0.2) is 5.82 Å². The molecule has 0 spiro atoms. The summed E-state index contributed by atoms with van der Waals surface area (Å²) in [6.45, 7) is 6.20. The Morgan fingerprint density at radius 3 is 2.24 bits per heavy atom. The fraction of sp³-hybridized carbons (Fsp3) is 0.286. The molecule has 0 aliphatic carbocycles. The molecule has 0 saturated heterocycles. The zero-order chi connectivity index (χ0) is 12.4. The van der Waals surface area contributed by atoms with Crippen LogP contribution in [0.2, 0.25) is 5.15 Å². The van der Waals surface area contributed by atoms with Crippen LogP contribution in [0.1, 0.15) is 23.7 Å². The molecule has 0 atom stereocenters. The second-order valence-corrected chi connectivity index (χ2v) is 4.62. The van der Waals surface area contributed by atoms with E-state index in [0.717, 1.165) is 17.7 Å². The monoisotopic (exact) mass is 246 g/mol. The van der Waals surface area contributed by atoms with Crippen LogP contribution in [0.4, 0.5) is 0 Å². The SMILES string of the molecule is CCc1cc(Cl)nc(-c2cc(C)cc(C)c2)n1. The summed E-state index contributed by atoms with van der Waals surface area (Å²) in [4.78, 5) is 8.80. The Kier molecular flexibility index (Phi) is 3.43. The summed E-state index contributed by atoms with van der Waals surface area (Å²) >= 11 is 6.01. The molecule has 3 heteroatoms. The Balaban J connectivity index is 2.55. The smallest absolute Gasteiger partial charge is 0.161 e. The van der Waals surface area contributed by atoms with Gasteiger partial charge in [-0.15, -0.1) is 0 Å². The van der Waals surface area contributed by atoms with Crippen LogP contribution in [0, 0.1) is 13.8 Å². The Morgan fingerprint density at radius 2 is 1.65 bits per heavy atom. The van der Waals surface area contributed by atoms with Gasteiger partial charge in [-0.1, -0.05) is 35.7 Å². The first-order chi connectivity index (χ1) is 8.08. The highest BCUT2D eigenvalue weighted by Crippen LogP contribution is 2.21. The molecule has 0 aliphatic rings. The molecule has 88 valence electrons. The van der Waals surface area contributed by atoms with Gasteiger partial charge in [-0.05, 0) is 38.5 Å². The van der Waals surface area contributed by atoms with Crippen molar-refractivity contribution in [3.05, 3.63) is 46.2 Å². The van der Waals surface area contributed by atoms with Crippen molar-refractivity contribution in [3.8, 4) is 11.4 Å². The van der Waals surface area contributed by atoms with Crippen molar-refractivity contribution in [1.29, 1.82) is 0 Å². The normalized spacial score (nSPS) is 10.6. The lowest BCUT2D eigenvalue weighted by Gasteiger charge is -2.06. The van der Waals surface area contributed by atoms with E-state index in [1.54, 1.807) is 0 Å². The van der Waals surface area contributed by atoms with Crippen molar-refractivity contribution < 1.29 is 0 Å². The highest BCUT2D eigenvalue weighted by atomic mass is 35.5.